The Hall–Kier alpha value is -3.87. The zero-order chi connectivity index (χ0) is 30.6. The number of nitrogens with one attached hydrogen (secondary N) is 2. The molecule has 1 fully saturated rings. The Morgan fingerprint density at radius 3 is 2.36 bits per heavy atom. The number of urea groups is 1. The van der Waals surface area contributed by atoms with Gasteiger partial charge in [0.2, 0.25) is 10.0 Å². The minimum absolute atomic E-state index is 0.0608. The lowest BCUT2D eigenvalue weighted by Gasteiger charge is -2.26. The number of pyridine rings is 1. The quantitative estimate of drug-likeness (QED) is 0.278. The summed E-state index contributed by atoms with van der Waals surface area (Å²) in [4.78, 5) is 37.8. The number of carbonyl (C=O) groups excluding carboxylic acids is 1. The summed E-state index contributed by atoms with van der Waals surface area (Å²) in [7, 11) is -3.75. The number of aromatic nitrogens is 1. The lowest BCUT2D eigenvalue weighted by Crippen LogP contribution is -2.36. The highest BCUT2D eigenvalue weighted by molar-refractivity contribution is 7.89. The van der Waals surface area contributed by atoms with E-state index in [9.17, 15) is 33.0 Å². The fraction of sp³-hybridized carbons (Fsp3) is 0.345. The molecule has 1 aliphatic rings. The van der Waals surface area contributed by atoms with Gasteiger partial charge in [-0.25, -0.2) is 13.2 Å². The smallest absolute Gasteiger partial charge is 0.319 e. The maximum absolute atomic E-state index is 13.4. The minimum Gasteiger partial charge on any atom is -0.505 e. The molecule has 1 aromatic heterocycles. The number of carboxylic acid groups (broad SMARTS) is 1. The zero-order valence-electron chi connectivity index (χ0n) is 23.3. The third-order valence-corrected chi connectivity index (χ3v) is 9.41. The van der Waals surface area contributed by atoms with Gasteiger partial charge in [0.05, 0.1) is 23.9 Å². The molecule has 0 spiro atoms. The molecule has 11 nitrogen and oxygen atoms in total. The molecule has 0 aliphatic carbocycles. The van der Waals surface area contributed by atoms with Gasteiger partial charge in [-0.05, 0) is 56.0 Å². The first kappa shape index (κ1) is 31.1. The molecule has 224 valence electrons. The number of carboxylic acids is 1. The summed E-state index contributed by atoms with van der Waals surface area (Å²) >= 11 is 6.40. The van der Waals surface area contributed by atoms with Crippen molar-refractivity contribution in [2.75, 3.05) is 18.4 Å². The SMILES string of the molecule is Cc1ccc([C@H](CC(=O)O)NC(=O)Nc2c(O)c(C)cn(Cc3cc(S(=O)(=O)N4CCCCC4)ccc3Cl)c2=O)cc1. The van der Waals surface area contributed by atoms with Crippen molar-refractivity contribution in [1.82, 2.24) is 14.2 Å². The Morgan fingerprint density at radius 1 is 1.05 bits per heavy atom. The first-order chi connectivity index (χ1) is 19.9. The summed E-state index contributed by atoms with van der Waals surface area (Å²) in [5.41, 5.74) is 0.949. The molecular formula is C29H33ClN4O7S. The molecule has 2 heterocycles. The van der Waals surface area contributed by atoms with Gasteiger partial charge in [-0.15, -0.1) is 0 Å². The van der Waals surface area contributed by atoms with Gasteiger partial charge in [-0.2, -0.15) is 4.31 Å². The molecule has 0 bridgehead atoms. The Morgan fingerprint density at radius 2 is 1.71 bits per heavy atom. The van der Waals surface area contributed by atoms with Gasteiger partial charge in [0.25, 0.3) is 5.56 Å². The predicted octanol–water partition coefficient (Wildman–Crippen LogP) is 4.38. The van der Waals surface area contributed by atoms with Crippen LogP contribution in [0.2, 0.25) is 5.02 Å². The average Bonchev–Trinajstić information content (AvgIpc) is 2.95. The maximum Gasteiger partial charge on any atom is 0.319 e. The van der Waals surface area contributed by atoms with E-state index in [1.54, 1.807) is 24.3 Å². The highest BCUT2D eigenvalue weighted by Gasteiger charge is 2.27. The molecule has 0 unspecified atom stereocenters. The lowest BCUT2D eigenvalue weighted by molar-refractivity contribution is -0.137. The number of aryl methyl sites for hydroxylation is 2. The largest absolute Gasteiger partial charge is 0.505 e. The van der Waals surface area contributed by atoms with Crippen LogP contribution in [0.25, 0.3) is 0 Å². The fourth-order valence-electron chi connectivity index (χ4n) is 4.83. The Bertz CT molecular complexity index is 1650. The highest BCUT2D eigenvalue weighted by Crippen LogP contribution is 2.28. The zero-order valence-corrected chi connectivity index (χ0v) is 24.8. The van der Waals surface area contributed by atoms with Crippen LogP contribution in [0.1, 0.15) is 54.0 Å². The van der Waals surface area contributed by atoms with Crippen molar-refractivity contribution in [3.05, 3.63) is 86.3 Å². The molecule has 1 aliphatic heterocycles. The number of amides is 2. The van der Waals surface area contributed by atoms with Crippen molar-refractivity contribution in [2.45, 2.75) is 57.0 Å². The molecule has 13 heteroatoms. The molecule has 1 saturated heterocycles. The molecule has 2 amide bonds. The van der Waals surface area contributed by atoms with E-state index in [2.05, 4.69) is 10.6 Å². The van der Waals surface area contributed by atoms with Gasteiger partial charge in [-0.3, -0.25) is 9.59 Å². The normalized spacial score (nSPS) is 14.7. The average molecular weight is 617 g/mol. The second kappa shape index (κ2) is 13.0. The van der Waals surface area contributed by atoms with E-state index in [1.807, 2.05) is 6.92 Å². The number of anilines is 1. The van der Waals surface area contributed by atoms with Gasteiger partial charge in [-0.1, -0.05) is 47.9 Å². The number of aromatic hydroxyl groups is 1. The molecule has 42 heavy (non-hydrogen) atoms. The number of sulfonamides is 1. The van der Waals surface area contributed by atoms with Crippen LogP contribution < -0.4 is 16.2 Å². The van der Waals surface area contributed by atoms with E-state index >= 15 is 0 Å². The van der Waals surface area contributed by atoms with Crippen molar-refractivity contribution in [2.24, 2.45) is 0 Å². The van der Waals surface area contributed by atoms with Crippen LogP contribution >= 0.6 is 11.6 Å². The summed E-state index contributed by atoms with van der Waals surface area (Å²) in [6.45, 7) is 4.14. The van der Waals surface area contributed by atoms with Gasteiger partial charge in [0, 0.05) is 29.9 Å². The maximum atomic E-state index is 13.4. The number of hydrogen-bond acceptors (Lipinski definition) is 6. The van der Waals surface area contributed by atoms with Gasteiger partial charge >= 0.3 is 12.0 Å². The molecule has 2 aromatic carbocycles. The molecule has 4 rings (SSSR count). The summed E-state index contributed by atoms with van der Waals surface area (Å²) in [5.74, 6) is -1.59. The molecule has 4 N–H and O–H groups in total. The van der Waals surface area contributed by atoms with Crippen LogP contribution in [-0.4, -0.2) is 52.6 Å². The van der Waals surface area contributed by atoms with E-state index < -0.39 is 51.5 Å². The summed E-state index contributed by atoms with van der Waals surface area (Å²) in [5, 5.41) is 25.1. The molecular weight excluding hydrogens is 584 g/mol. The van der Waals surface area contributed by atoms with E-state index in [-0.39, 0.29) is 22.0 Å². The van der Waals surface area contributed by atoms with Crippen LogP contribution in [-0.2, 0) is 21.4 Å². The van der Waals surface area contributed by atoms with Crippen molar-refractivity contribution >= 4 is 39.3 Å². The fourth-order valence-corrected chi connectivity index (χ4v) is 6.58. The number of aliphatic carboxylic acids is 1. The standard InChI is InChI=1S/C29H33ClN4O7S/c1-18-6-8-20(9-7-18)24(15-25(35)36)31-29(39)32-26-27(37)19(2)16-33(28(26)38)17-21-14-22(10-11-23(21)30)42(40,41)34-12-4-3-5-13-34/h6-11,14,16,24,37H,3-5,12-13,15,17H2,1-2H3,(H,35,36)(H2,31,32,39)/t24-/m0/s1. The molecule has 0 saturated carbocycles. The number of benzene rings is 2. The predicted molar refractivity (Wildman–Crippen MR) is 159 cm³/mol. The lowest BCUT2D eigenvalue weighted by atomic mass is 10.0. The third kappa shape index (κ3) is 7.12. The van der Waals surface area contributed by atoms with E-state index in [1.165, 1.54) is 40.2 Å². The van der Waals surface area contributed by atoms with Crippen LogP contribution in [0, 0.1) is 13.8 Å². The number of halogens is 1. The molecule has 3 aromatic rings. The van der Waals surface area contributed by atoms with Crippen molar-refractivity contribution in [3.63, 3.8) is 0 Å². The number of hydrogen-bond donors (Lipinski definition) is 4. The highest BCUT2D eigenvalue weighted by atomic mass is 35.5. The van der Waals surface area contributed by atoms with Crippen molar-refractivity contribution < 1.29 is 28.2 Å². The van der Waals surface area contributed by atoms with Crippen LogP contribution in [0.3, 0.4) is 0 Å². The van der Waals surface area contributed by atoms with Crippen LogP contribution in [0.5, 0.6) is 5.75 Å². The topological polar surface area (TPSA) is 158 Å². The van der Waals surface area contributed by atoms with E-state index in [0.717, 1.165) is 24.8 Å². The number of piperidine rings is 1. The summed E-state index contributed by atoms with van der Waals surface area (Å²) < 4.78 is 29.1. The number of rotatable bonds is 9. The van der Waals surface area contributed by atoms with Crippen LogP contribution in [0.15, 0.2) is 58.4 Å². The second-order valence-corrected chi connectivity index (χ2v) is 12.7. The Labute approximate surface area is 248 Å². The molecule has 1 atom stereocenters. The van der Waals surface area contributed by atoms with Crippen molar-refractivity contribution in [1.29, 1.82) is 0 Å². The third-order valence-electron chi connectivity index (χ3n) is 7.15. The minimum atomic E-state index is -3.75. The summed E-state index contributed by atoms with van der Waals surface area (Å²) in [6.07, 6.45) is 3.51. The monoisotopic (exact) mass is 616 g/mol. The number of carbonyl (C=O) groups is 2. The van der Waals surface area contributed by atoms with Gasteiger partial charge in [0.1, 0.15) is 5.75 Å². The second-order valence-electron chi connectivity index (χ2n) is 10.3. The summed E-state index contributed by atoms with van der Waals surface area (Å²) in [6, 6.07) is 9.50. The van der Waals surface area contributed by atoms with E-state index in [4.69, 9.17) is 11.6 Å². The van der Waals surface area contributed by atoms with Crippen molar-refractivity contribution in [3.8, 4) is 5.75 Å². The Balaban J connectivity index is 1.60. The molecule has 0 radical (unpaired) electrons. The van der Waals surface area contributed by atoms with Crippen LogP contribution in [0.4, 0.5) is 10.5 Å². The number of nitrogens with zero attached hydrogens (tertiary/aromatic N) is 2. The first-order valence-electron chi connectivity index (χ1n) is 13.4. The first-order valence-corrected chi connectivity index (χ1v) is 15.3. The van der Waals surface area contributed by atoms with E-state index in [0.29, 0.717) is 24.2 Å². The van der Waals surface area contributed by atoms with Gasteiger partial charge in [0.15, 0.2) is 5.69 Å². The Kier molecular flexibility index (Phi) is 9.60. The van der Waals surface area contributed by atoms with Gasteiger partial charge < -0.3 is 25.4 Å².